The Labute approximate surface area is 71.4 Å². The quantitative estimate of drug-likeness (QED) is 0.535. The zero-order valence-corrected chi connectivity index (χ0v) is 7.14. The summed E-state index contributed by atoms with van der Waals surface area (Å²) in [5.41, 5.74) is 0.294. The van der Waals surface area contributed by atoms with Gasteiger partial charge in [0.1, 0.15) is 0 Å². The van der Waals surface area contributed by atoms with Crippen LogP contribution in [0.25, 0.3) is 0 Å². The summed E-state index contributed by atoms with van der Waals surface area (Å²) in [5.74, 6) is 0. The molecule has 0 radical (unpaired) electrons. The van der Waals surface area contributed by atoms with E-state index in [9.17, 15) is 10.4 Å². The molecule has 0 aliphatic carbocycles. The fraction of sp³-hybridized carbons (Fsp3) is 0.250. The first-order valence-electron chi connectivity index (χ1n) is 3.61. The van der Waals surface area contributed by atoms with Gasteiger partial charge in [0.15, 0.2) is 5.69 Å². The predicted octanol–water partition coefficient (Wildman–Crippen LogP) is 1.36. The molecule has 0 aliphatic rings. The molecule has 0 amide bonds. The van der Waals surface area contributed by atoms with Gasteiger partial charge in [-0.25, -0.2) is 0 Å². The molecule has 4 heteroatoms. The molecule has 0 aliphatic heterocycles. The standard InChI is InChI=1S/C8H12N2O2/c1-9(2)10(11,12)8-6-4-3-5-7-8/h3-7,11H,1-2H3. The van der Waals surface area contributed by atoms with Crippen molar-refractivity contribution in [2.75, 3.05) is 14.1 Å². The molecule has 0 aromatic heterocycles. The first-order valence-corrected chi connectivity index (χ1v) is 3.61. The third-order valence-corrected chi connectivity index (χ3v) is 1.63. The van der Waals surface area contributed by atoms with E-state index in [0.29, 0.717) is 5.69 Å². The van der Waals surface area contributed by atoms with Gasteiger partial charge in [0.2, 0.25) is 0 Å². The number of hydrogen-bond acceptors (Lipinski definition) is 3. The van der Waals surface area contributed by atoms with Gasteiger partial charge in [0, 0.05) is 26.2 Å². The molecule has 0 saturated carbocycles. The summed E-state index contributed by atoms with van der Waals surface area (Å²) < 4.78 is 0. The van der Waals surface area contributed by atoms with Gasteiger partial charge < -0.3 is 5.21 Å². The molecule has 0 bridgehead atoms. The Bertz CT molecular complexity index is 246. The topological polar surface area (TPSA) is 46.5 Å². The summed E-state index contributed by atoms with van der Waals surface area (Å²) in [5, 5.41) is 22.0. The smallest absolute Gasteiger partial charge is 0.185 e. The average Bonchev–Trinajstić information content (AvgIpc) is 2.06. The lowest BCUT2D eigenvalue weighted by Crippen LogP contribution is -2.50. The Hall–Kier alpha value is -0.940. The van der Waals surface area contributed by atoms with Gasteiger partial charge in [-0.3, -0.25) is 0 Å². The summed E-state index contributed by atoms with van der Waals surface area (Å²) in [6.45, 7) is 0. The van der Waals surface area contributed by atoms with Gasteiger partial charge in [0.25, 0.3) is 0 Å². The van der Waals surface area contributed by atoms with Crippen LogP contribution < -0.4 is 4.92 Å². The highest BCUT2D eigenvalue weighted by molar-refractivity contribution is 5.39. The van der Waals surface area contributed by atoms with Gasteiger partial charge in [-0.15, -0.1) is 9.93 Å². The lowest BCUT2D eigenvalue weighted by Gasteiger charge is -2.36. The van der Waals surface area contributed by atoms with Gasteiger partial charge in [-0.1, -0.05) is 18.2 Å². The molecule has 1 unspecified atom stereocenters. The van der Waals surface area contributed by atoms with Crippen LogP contribution in [0.3, 0.4) is 0 Å². The maximum atomic E-state index is 11.4. The van der Waals surface area contributed by atoms with Gasteiger partial charge in [-0.2, -0.15) is 5.21 Å². The molecule has 0 fully saturated rings. The van der Waals surface area contributed by atoms with E-state index in [1.807, 2.05) is 0 Å². The van der Waals surface area contributed by atoms with Crippen LogP contribution in [0.1, 0.15) is 0 Å². The molecule has 1 N–H and O–H groups in total. The second-order valence-electron chi connectivity index (χ2n) is 2.73. The van der Waals surface area contributed by atoms with Gasteiger partial charge >= 0.3 is 0 Å². The molecule has 0 spiro atoms. The van der Waals surface area contributed by atoms with E-state index in [4.69, 9.17) is 0 Å². The summed E-state index contributed by atoms with van der Waals surface area (Å²) in [7, 11) is 3.03. The van der Waals surface area contributed by atoms with Crippen molar-refractivity contribution in [2.45, 2.75) is 0 Å². The van der Waals surface area contributed by atoms with Crippen molar-refractivity contribution in [3.05, 3.63) is 35.5 Å². The highest BCUT2D eigenvalue weighted by atomic mass is 16.9. The van der Waals surface area contributed by atoms with E-state index in [-0.39, 0.29) is 0 Å². The van der Waals surface area contributed by atoms with Crippen molar-refractivity contribution < 1.29 is 5.21 Å². The maximum absolute atomic E-state index is 11.4. The molecule has 12 heavy (non-hydrogen) atoms. The van der Waals surface area contributed by atoms with Crippen LogP contribution in [0.5, 0.6) is 0 Å². The molecule has 1 rings (SSSR count). The lowest BCUT2D eigenvalue weighted by atomic mass is 10.3. The number of quaternary nitrogens is 1. The largest absolute Gasteiger partial charge is 0.572 e. The molecule has 1 aromatic carbocycles. The molecular weight excluding hydrogens is 156 g/mol. The third-order valence-electron chi connectivity index (χ3n) is 1.63. The van der Waals surface area contributed by atoms with Crippen molar-refractivity contribution >= 4 is 5.69 Å². The molecule has 1 atom stereocenters. The molecule has 0 saturated heterocycles. The van der Waals surface area contributed by atoms with Crippen LogP contribution in [-0.2, 0) is 0 Å². The predicted molar refractivity (Wildman–Crippen MR) is 47.1 cm³/mol. The lowest BCUT2D eigenvalue weighted by molar-refractivity contribution is -0.169. The van der Waals surface area contributed by atoms with Crippen LogP contribution in [0, 0.1) is 5.21 Å². The van der Waals surface area contributed by atoms with Crippen LogP contribution in [0.15, 0.2) is 30.3 Å². The molecular formula is C8H12N2O2. The molecule has 4 nitrogen and oxygen atoms in total. The Morgan fingerprint density at radius 2 is 1.75 bits per heavy atom. The Balaban J connectivity index is 2.98. The second kappa shape index (κ2) is 3.20. The van der Waals surface area contributed by atoms with E-state index in [0.717, 1.165) is 5.01 Å². The number of benzene rings is 1. The highest BCUT2D eigenvalue weighted by Crippen LogP contribution is 2.18. The summed E-state index contributed by atoms with van der Waals surface area (Å²) >= 11 is 0. The van der Waals surface area contributed by atoms with Crippen LogP contribution in [0.4, 0.5) is 5.69 Å². The molecule has 66 valence electrons. The number of hydrogen-bond donors (Lipinski definition) is 1. The molecule has 1 aromatic rings. The first kappa shape index (κ1) is 9.15. The van der Waals surface area contributed by atoms with Crippen LogP contribution in [-0.4, -0.2) is 24.3 Å². The number of para-hydroxylation sites is 1. The SMILES string of the molecule is CN(C)[N+]([O-])(O)c1ccccc1. The van der Waals surface area contributed by atoms with Crippen molar-refractivity contribution in [2.24, 2.45) is 0 Å². The minimum absolute atomic E-state index is 0.294. The number of rotatable bonds is 2. The molecule has 0 heterocycles. The fourth-order valence-electron chi connectivity index (χ4n) is 0.853. The minimum Gasteiger partial charge on any atom is -0.572 e. The number of nitrogens with zero attached hydrogens (tertiary/aromatic N) is 2. The van der Waals surface area contributed by atoms with Crippen molar-refractivity contribution in [3.63, 3.8) is 0 Å². The zero-order chi connectivity index (χ0) is 9.19. The monoisotopic (exact) mass is 168 g/mol. The van der Waals surface area contributed by atoms with Crippen LogP contribution >= 0.6 is 0 Å². The normalized spacial score (nSPS) is 16.1. The first-order chi connectivity index (χ1) is 5.55. The van der Waals surface area contributed by atoms with Crippen molar-refractivity contribution in [1.29, 1.82) is 0 Å². The minimum atomic E-state index is -1.47. The maximum Gasteiger partial charge on any atom is 0.185 e. The van der Waals surface area contributed by atoms with E-state index in [1.165, 1.54) is 14.1 Å². The van der Waals surface area contributed by atoms with E-state index < -0.39 is 4.92 Å². The zero-order valence-electron chi connectivity index (χ0n) is 7.14. The van der Waals surface area contributed by atoms with Crippen molar-refractivity contribution in [3.8, 4) is 0 Å². The van der Waals surface area contributed by atoms with E-state index in [1.54, 1.807) is 30.3 Å². The average molecular weight is 168 g/mol. The summed E-state index contributed by atoms with van der Waals surface area (Å²) in [6.07, 6.45) is 0. The Kier molecular flexibility index (Phi) is 2.44. The fourth-order valence-corrected chi connectivity index (χ4v) is 0.853. The van der Waals surface area contributed by atoms with Gasteiger partial charge in [-0.05, 0) is 0 Å². The van der Waals surface area contributed by atoms with Crippen molar-refractivity contribution in [1.82, 2.24) is 9.93 Å². The highest BCUT2D eigenvalue weighted by Gasteiger charge is 2.20. The third kappa shape index (κ3) is 1.62. The van der Waals surface area contributed by atoms with E-state index in [2.05, 4.69) is 0 Å². The van der Waals surface area contributed by atoms with E-state index >= 15 is 0 Å². The van der Waals surface area contributed by atoms with Gasteiger partial charge in [0.05, 0.1) is 0 Å². The van der Waals surface area contributed by atoms with Crippen LogP contribution in [0.2, 0.25) is 0 Å². The Morgan fingerprint density at radius 3 is 2.17 bits per heavy atom. The summed E-state index contributed by atoms with van der Waals surface area (Å²) in [6, 6.07) is 8.36. The second-order valence-corrected chi connectivity index (χ2v) is 2.73. The Morgan fingerprint density at radius 1 is 1.25 bits per heavy atom. The summed E-state index contributed by atoms with van der Waals surface area (Å²) in [4.78, 5) is -1.47.